The average molecular weight is 720 g/mol. The first-order valence-electron chi connectivity index (χ1n) is 15.7. The Morgan fingerprint density at radius 1 is 0.980 bits per heavy atom. The topological polar surface area (TPSA) is 129 Å². The molecule has 0 atom stereocenters. The second-order valence-electron chi connectivity index (χ2n) is 12.4. The molecule has 2 aliphatic rings. The number of alkyl halides is 3. The Hall–Kier alpha value is -3.99. The molecule has 4 aromatic rings. The summed E-state index contributed by atoms with van der Waals surface area (Å²) < 4.78 is 73.9. The molecule has 2 saturated heterocycles. The van der Waals surface area contributed by atoms with E-state index in [-0.39, 0.29) is 39.7 Å². The van der Waals surface area contributed by atoms with Crippen molar-refractivity contribution in [2.24, 2.45) is 0 Å². The number of aromatic nitrogens is 4. The Balaban J connectivity index is 1.27. The minimum Gasteiger partial charge on any atom is -0.494 e. The van der Waals surface area contributed by atoms with Crippen LogP contribution in [0.25, 0.3) is 11.0 Å². The molecule has 6 rings (SSSR count). The van der Waals surface area contributed by atoms with Crippen LogP contribution in [0.3, 0.4) is 0 Å². The number of sulfone groups is 1. The molecule has 0 amide bonds. The maximum absolute atomic E-state index is 14.6. The van der Waals surface area contributed by atoms with Gasteiger partial charge in [0.25, 0.3) is 0 Å². The first-order chi connectivity index (χ1) is 23.3. The summed E-state index contributed by atoms with van der Waals surface area (Å²) in [7, 11) is -0.00118. The van der Waals surface area contributed by atoms with Gasteiger partial charge >= 0.3 is 6.18 Å². The van der Waals surface area contributed by atoms with E-state index in [0.29, 0.717) is 41.4 Å². The van der Waals surface area contributed by atoms with Crippen LogP contribution in [-0.4, -0.2) is 104 Å². The quantitative estimate of drug-likeness (QED) is 0.232. The molecule has 12 nitrogen and oxygen atoms in total. The van der Waals surface area contributed by atoms with E-state index in [9.17, 15) is 21.6 Å². The van der Waals surface area contributed by atoms with Gasteiger partial charge in [0.05, 0.1) is 47.0 Å². The number of anilines is 5. The van der Waals surface area contributed by atoms with Crippen LogP contribution < -0.4 is 20.3 Å². The van der Waals surface area contributed by atoms with Crippen LogP contribution in [0.1, 0.15) is 24.0 Å². The summed E-state index contributed by atoms with van der Waals surface area (Å²) in [5.41, 5.74) is 0.873. The highest BCUT2D eigenvalue weighted by Crippen LogP contribution is 2.44. The molecule has 17 heteroatoms. The van der Waals surface area contributed by atoms with E-state index in [2.05, 4.69) is 47.4 Å². The van der Waals surface area contributed by atoms with Crippen molar-refractivity contribution in [2.75, 3.05) is 75.2 Å². The molecule has 0 bridgehead atoms. The molecule has 262 valence electrons. The van der Waals surface area contributed by atoms with Crippen molar-refractivity contribution >= 4 is 61.3 Å². The molecule has 4 heterocycles. The van der Waals surface area contributed by atoms with Crippen LogP contribution in [0.5, 0.6) is 5.75 Å². The highest BCUT2D eigenvalue weighted by Gasteiger charge is 2.38. The van der Waals surface area contributed by atoms with E-state index in [1.54, 1.807) is 17.0 Å². The Morgan fingerprint density at radius 2 is 1.69 bits per heavy atom. The molecule has 2 aromatic heterocycles. The van der Waals surface area contributed by atoms with E-state index in [1.165, 1.54) is 31.8 Å². The van der Waals surface area contributed by atoms with Crippen molar-refractivity contribution in [3.05, 3.63) is 59.0 Å². The number of piperidine rings is 1. The lowest BCUT2D eigenvalue weighted by Crippen LogP contribution is -2.52. The summed E-state index contributed by atoms with van der Waals surface area (Å²) in [5.74, 6) is -0.131. The standard InChI is InChI=1S/C32H37ClF3N9O3S/c1-43-12-14-44(15-13-43)20-6-10-45(11-7-20)27-17-28(48-2)26(16-22(27)32(34,35)36)41-31-39-18-23(33)30(42-31)40-24-4-5-25-29(38-9-8-37-25)21(24)19-49(3,46)47/h4-5,8-9,16-18,20H,6-7,10-15,19H2,1-3H3,(H2,39,40,41,42). The maximum atomic E-state index is 14.6. The lowest BCUT2D eigenvalue weighted by Gasteiger charge is -2.43. The van der Waals surface area contributed by atoms with Gasteiger partial charge in [0.1, 0.15) is 10.8 Å². The van der Waals surface area contributed by atoms with E-state index >= 15 is 0 Å². The van der Waals surface area contributed by atoms with Gasteiger partial charge < -0.3 is 25.2 Å². The van der Waals surface area contributed by atoms with Crippen molar-refractivity contribution in [2.45, 2.75) is 30.8 Å². The molecule has 2 aliphatic heterocycles. The Bertz CT molecular complexity index is 1930. The zero-order chi connectivity index (χ0) is 34.9. The predicted molar refractivity (Wildman–Crippen MR) is 184 cm³/mol. The molecule has 2 aromatic carbocycles. The number of fused-ring (bicyclic) bond motifs is 1. The first kappa shape index (κ1) is 34.9. The second-order valence-corrected chi connectivity index (χ2v) is 14.9. The molecule has 2 N–H and O–H groups in total. The number of nitrogens with zero attached hydrogens (tertiary/aromatic N) is 7. The summed E-state index contributed by atoms with van der Waals surface area (Å²) in [6.45, 7) is 4.89. The Labute approximate surface area is 287 Å². The molecular formula is C32H37ClF3N9O3S. The van der Waals surface area contributed by atoms with Crippen LogP contribution in [0.15, 0.2) is 42.9 Å². The largest absolute Gasteiger partial charge is 0.494 e. The number of hydrogen-bond donors (Lipinski definition) is 2. The SMILES string of the molecule is COc1cc(N2CCC(N3CCN(C)CC3)CC2)c(C(F)(F)F)cc1Nc1ncc(Cl)c(Nc2ccc3nccnc3c2CS(C)(=O)=O)n1. The number of hydrogen-bond acceptors (Lipinski definition) is 12. The number of benzene rings is 2. The molecule has 0 radical (unpaired) electrons. The fourth-order valence-electron chi connectivity index (χ4n) is 6.37. The predicted octanol–water partition coefficient (Wildman–Crippen LogP) is 5.35. The zero-order valence-corrected chi connectivity index (χ0v) is 28.8. The smallest absolute Gasteiger partial charge is 0.418 e. The fourth-order valence-corrected chi connectivity index (χ4v) is 7.32. The first-order valence-corrected chi connectivity index (χ1v) is 18.2. The van der Waals surface area contributed by atoms with Crippen LogP contribution in [0.2, 0.25) is 5.02 Å². The van der Waals surface area contributed by atoms with Gasteiger partial charge in [0.15, 0.2) is 15.7 Å². The highest BCUT2D eigenvalue weighted by atomic mass is 35.5. The Kier molecular flexibility index (Phi) is 10.0. The highest BCUT2D eigenvalue weighted by molar-refractivity contribution is 7.89. The minimum absolute atomic E-state index is 0.0120. The van der Waals surface area contributed by atoms with E-state index in [1.807, 2.05) is 0 Å². The van der Waals surface area contributed by atoms with Gasteiger partial charge in [0, 0.05) is 81.3 Å². The third kappa shape index (κ3) is 8.09. The minimum atomic E-state index is -4.64. The average Bonchev–Trinajstić information content (AvgIpc) is 3.06. The summed E-state index contributed by atoms with van der Waals surface area (Å²) >= 11 is 6.42. The van der Waals surface area contributed by atoms with E-state index < -0.39 is 21.6 Å². The second kappa shape index (κ2) is 14.1. The Morgan fingerprint density at radius 3 is 2.37 bits per heavy atom. The number of nitrogens with one attached hydrogen (secondary N) is 2. The van der Waals surface area contributed by atoms with Gasteiger partial charge in [-0.15, -0.1) is 0 Å². The van der Waals surface area contributed by atoms with Gasteiger partial charge in [0.2, 0.25) is 5.95 Å². The summed E-state index contributed by atoms with van der Waals surface area (Å²) in [6, 6.07) is 6.07. The molecule has 0 unspecified atom stereocenters. The number of halogens is 4. The number of ether oxygens (including phenoxy) is 1. The summed E-state index contributed by atoms with van der Waals surface area (Å²) in [4.78, 5) is 23.7. The van der Waals surface area contributed by atoms with Crippen molar-refractivity contribution in [3.8, 4) is 5.75 Å². The van der Waals surface area contributed by atoms with Crippen molar-refractivity contribution in [3.63, 3.8) is 0 Å². The number of methoxy groups -OCH3 is 1. The fraction of sp³-hybridized carbons (Fsp3) is 0.438. The van der Waals surface area contributed by atoms with E-state index in [4.69, 9.17) is 16.3 Å². The van der Waals surface area contributed by atoms with Crippen LogP contribution in [0.4, 0.5) is 42.0 Å². The van der Waals surface area contributed by atoms with Crippen LogP contribution in [0, 0.1) is 0 Å². The number of piperazine rings is 1. The van der Waals surface area contributed by atoms with Gasteiger partial charge in [-0.3, -0.25) is 14.9 Å². The third-order valence-electron chi connectivity index (χ3n) is 8.88. The molecule has 2 fully saturated rings. The molecular weight excluding hydrogens is 683 g/mol. The summed E-state index contributed by atoms with van der Waals surface area (Å²) in [5, 5.41) is 6.00. The number of likely N-dealkylation sites (N-methyl/N-ethyl adjacent to an activating group) is 1. The van der Waals surface area contributed by atoms with Gasteiger partial charge in [-0.2, -0.15) is 18.2 Å². The molecule has 0 aliphatic carbocycles. The number of rotatable bonds is 9. The molecule has 0 spiro atoms. The van der Waals surface area contributed by atoms with Crippen molar-refractivity contribution in [1.29, 1.82) is 0 Å². The van der Waals surface area contributed by atoms with Gasteiger partial charge in [-0.05, 0) is 38.1 Å². The van der Waals surface area contributed by atoms with Crippen molar-refractivity contribution < 1.29 is 26.3 Å². The molecule has 49 heavy (non-hydrogen) atoms. The van der Waals surface area contributed by atoms with E-state index in [0.717, 1.165) is 51.3 Å². The van der Waals surface area contributed by atoms with Gasteiger partial charge in [-0.25, -0.2) is 13.4 Å². The van der Waals surface area contributed by atoms with Crippen molar-refractivity contribution in [1.82, 2.24) is 29.7 Å². The van der Waals surface area contributed by atoms with Gasteiger partial charge in [-0.1, -0.05) is 11.6 Å². The molecule has 0 saturated carbocycles. The van der Waals surface area contributed by atoms with Crippen LogP contribution >= 0.6 is 11.6 Å². The lowest BCUT2D eigenvalue weighted by molar-refractivity contribution is -0.137. The van der Waals surface area contributed by atoms with Crippen LogP contribution in [-0.2, 0) is 21.8 Å². The normalized spacial score (nSPS) is 17.0. The monoisotopic (exact) mass is 719 g/mol. The lowest BCUT2D eigenvalue weighted by atomic mass is 10.00. The summed E-state index contributed by atoms with van der Waals surface area (Å²) in [6.07, 6.45) is 2.25. The maximum Gasteiger partial charge on any atom is 0.418 e. The third-order valence-corrected chi connectivity index (χ3v) is 9.97. The zero-order valence-electron chi connectivity index (χ0n) is 27.3.